The summed E-state index contributed by atoms with van der Waals surface area (Å²) in [4.78, 5) is 12.3. The molecule has 0 saturated carbocycles. The molecule has 1 aromatic heterocycles. The van der Waals surface area contributed by atoms with Gasteiger partial charge in [0.2, 0.25) is 0 Å². The first-order valence-corrected chi connectivity index (χ1v) is 6.20. The van der Waals surface area contributed by atoms with Crippen LogP contribution in [-0.4, -0.2) is 17.8 Å². The van der Waals surface area contributed by atoms with E-state index in [0.717, 1.165) is 31.3 Å². The molecular formula is C13H13ClN2O. The minimum Gasteiger partial charge on any atom is -0.310 e. The molecule has 88 valence electrons. The summed E-state index contributed by atoms with van der Waals surface area (Å²) in [5.74, 6) is 0. The molecular weight excluding hydrogens is 236 g/mol. The minimum absolute atomic E-state index is 0.0203. The molecule has 17 heavy (non-hydrogen) atoms. The van der Waals surface area contributed by atoms with Crippen LogP contribution in [0.2, 0.25) is 5.02 Å². The summed E-state index contributed by atoms with van der Waals surface area (Å²) < 4.78 is 1.71. The van der Waals surface area contributed by atoms with Gasteiger partial charge in [0.15, 0.2) is 0 Å². The fourth-order valence-corrected chi connectivity index (χ4v) is 2.51. The molecule has 0 atom stereocenters. The second kappa shape index (κ2) is 4.08. The molecule has 2 aromatic rings. The maximum absolute atomic E-state index is 12.3. The van der Waals surface area contributed by atoms with Crippen LogP contribution in [0.3, 0.4) is 0 Å². The molecule has 2 heterocycles. The molecule has 0 N–H and O–H groups in total. The van der Waals surface area contributed by atoms with Gasteiger partial charge >= 0.3 is 0 Å². The van der Waals surface area contributed by atoms with Crippen molar-refractivity contribution in [3.63, 3.8) is 0 Å². The standard InChI is InChI=1S/C13H13ClN2O/c14-11-4-3-10-5-8-16(13(17)12(10)9-11)15-6-1-2-7-15/h3-5,8-9H,1-2,6-7H2. The fraction of sp³-hybridized carbons (Fsp3) is 0.308. The first-order chi connectivity index (χ1) is 8.25. The van der Waals surface area contributed by atoms with Gasteiger partial charge < -0.3 is 5.01 Å². The zero-order chi connectivity index (χ0) is 11.8. The number of fused-ring (bicyclic) bond motifs is 1. The molecule has 0 spiro atoms. The molecule has 0 amide bonds. The second-order valence-corrected chi connectivity index (χ2v) is 4.79. The quantitative estimate of drug-likeness (QED) is 0.774. The number of pyridine rings is 1. The number of benzene rings is 1. The largest absolute Gasteiger partial charge is 0.310 e. The van der Waals surface area contributed by atoms with Crippen molar-refractivity contribution in [3.8, 4) is 0 Å². The minimum atomic E-state index is 0.0203. The number of hydrogen-bond donors (Lipinski definition) is 0. The third-order valence-electron chi connectivity index (χ3n) is 3.24. The number of halogens is 1. The Labute approximate surface area is 104 Å². The number of hydrogen-bond acceptors (Lipinski definition) is 2. The lowest BCUT2D eigenvalue weighted by Crippen LogP contribution is -2.39. The average Bonchev–Trinajstić information content (AvgIpc) is 2.84. The van der Waals surface area contributed by atoms with Gasteiger partial charge in [-0.1, -0.05) is 17.7 Å². The summed E-state index contributed by atoms with van der Waals surface area (Å²) >= 11 is 5.94. The molecule has 0 aliphatic carbocycles. The lowest BCUT2D eigenvalue weighted by Gasteiger charge is -2.20. The van der Waals surface area contributed by atoms with Crippen LogP contribution in [0.15, 0.2) is 35.3 Å². The van der Waals surface area contributed by atoms with E-state index in [4.69, 9.17) is 11.6 Å². The molecule has 0 bridgehead atoms. The summed E-state index contributed by atoms with van der Waals surface area (Å²) in [6, 6.07) is 7.40. The highest BCUT2D eigenvalue weighted by molar-refractivity contribution is 6.31. The van der Waals surface area contributed by atoms with Crippen LogP contribution in [0, 0.1) is 0 Å². The highest BCUT2D eigenvalue weighted by Crippen LogP contribution is 2.16. The van der Waals surface area contributed by atoms with Gasteiger partial charge in [0.25, 0.3) is 5.56 Å². The maximum atomic E-state index is 12.3. The number of rotatable bonds is 1. The van der Waals surface area contributed by atoms with Crippen molar-refractivity contribution < 1.29 is 0 Å². The SMILES string of the molecule is O=c1c2cc(Cl)ccc2ccn1N1CCCC1. The molecule has 1 saturated heterocycles. The van der Waals surface area contributed by atoms with Gasteiger partial charge in [0.05, 0.1) is 5.39 Å². The van der Waals surface area contributed by atoms with Gasteiger partial charge in [-0.2, -0.15) is 0 Å². The summed E-state index contributed by atoms with van der Waals surface area (Å²) in [7, 11) is 0. The Hall–Kier alpha value is -1.48. The molecule has 1 aromatic carbocycles. The molecule has 1 fully saturated rings. The van der Waals surface area contributed by atoms with Crippen molar-refractivity contribution in [1.29, 1.82) is 0 Å². The molecule has 1 aliphatic rings. The zero-order valence-electron chi connectivity index (χ0n) is 9.40. The zero-order valence-corrected chi connectivity index (χ0v) is 10.2. The van der Waals surface area contributed by atoms with E-state index in [-0.39, 0.29) is 5.56 Å². The summed E-state index contributed by atoms with van der Waals surface area (Å²) in [6.07, 6.45) is 4.16. The monoisotopic (exact) mass is 248 g/mol. The predicted molar refractivity (Wildman–Crippen MR) is 70.4 cm³/mol. The van der Waals surface area contributed by atoms with Gasteiger partial charge in [-0.15, -0.1) is 0 Å². The van der Waals surface area contributed by atoms with Crippen LogP contribution >= 0.6 is 11.6 Å². The van der Waals surface area contributed by atoms with Gasteiger partial charge in [-0.3, -0.25) is 4.79 Å². The molecule has 4 heteroatoms. The average molecular weight is 249 g/mol. The molecule has 0 radical (unpaired) electrons. The lowest BCUT2D eigenvalue weighted by atomic mass is 10.2. The van der Waals surface area contributed by atoms with Crippen molar-refractivity contribution in [1.82, 2.24) is 4.68 Å². The van der Waals surface area contributed by atoms with Crippen LogP contribution in [0.25, 0.3) is 10.8 Å². The second-order valence-electron chi connectivity index (χ2n) is 4.36. The van der Waals surface area contributed by atoms with Gasteiger partial charge in [-0.05, 0) is 36.4 Å². The van der Waals surface area contributed by atoms with E-state index in [1.165, 1.54) is 0 Å². The predicted octanol–water partition coefficient (Wildman–Crippen LogP) is 2.39. The van der Waals surface area contributed by atoms with Crippen LogP contribution in [-0.2, 0) is 0 Å². The smallest absolute Gasteiger partial charge is 0.276 e. The van der Waals surface area contributed by atoms with E-state index in [1.54, 1.807) is 10.7 Å². The Bertz CT molecular complexity index is 614. The first-order valence-electron chi connectivity index (χ1n) is 5.82. The topological polar surface area (TPSA) is 25.2 Å². The van der Waals surface area contributed by atoms with Crippen molar-refractivity contribution in [2.45, 2.75) is 12.8 Å². The van der Waals surface area contributed by atoms with Crippen molar-refractivity contribution in [2.24, 2.45) is 0 Å². The van der Waals surface area contributed by atoms with E-state index in [2.05, 4.69) is 5.01 Å². The molecule has 3 rings (SSSR count). The van der Waals surface area contributed by atoms with E-state index in [9.17, 15) is 4.79 Å². The maximum Gasteiger partial charge on any atom is 0.276 e. The molecule has 1 aliphatic heterocycles. The van der Waals surface area contributed by atoms with Crippen LogP contribution < -0.4 is 10.6 Å². The van der Waals surface area contributed by atoms with Gasteiger partial charge in [0.1, 0.15) is 0 Å². The normalized spacial score (nSPS) is 15.7. The van der Waals surface area contributed by atoms with E-state index >= 15 is 0 Å². The Balaban J connectivity index is 2.21. The Morgan fingerprint density at radius 2 is 1.88 bits per heavy atom. The number of nitrogens with zero attached hydrogens (tertiary/aromatic N) is 2. The van der Waals surface area contributed by atoms with E-state index in [0.29, 0.717) is 10.4 Å². The van der Waals surface area contributed by atoms with Crippen LogP contribution in [0.4, 0.5) is 0 Å². The van der Waals surface area contributed by atoms with Crippen molar-refractivity contribution in [3.05, 3.63) is 45.8 Å². The summed E-state index contributed by atoms with van der Waals surface area (Å²) in [6.45, 7) is 1.90. The summed E-state index contributed by atoms with van der Waals surface area (Å²) in [5.41, 5.74) is 0.0203. The summed E-state index contributed by atoms with van der Waals surface area (Å²) in [5, 5.41) is 4.32. The lowest BCUT2D eigenvalue weighted by molar-refractivity contribution is 0.644. The number of aromatic nitrogens is 1. The van der Waals surface area contributed by atoms with Crippen LogP contribution in [0.5, 0.6) is 0 Å². The van der Waals surface area contributed by atoms with Gasteiger partial charge in [0, 0.05) is 24.3 Å². The van der Waals surface area contributed by atoms with E-state index in [1.807, 2.05) is 24.4 Å². The Morgan fingerprint density at radius 1 is 1.12 bits per heavy atom. The Kier molecular flexibility index (Phi) is 2.56. The molecule has 3 nitrogen and oxygen atoms in total. The third kappa shape index (κ3) is 1.80. The Morgan fingerprint density at radius 3 is 2.65 bits per heavy atom. The van der Waals surface area contributed by atoms with E-state index < -0.39 is 0 Å². The first kappa shape index (κ1) is 10.7. The van der Waals surface area contributed by atoms with Crippen molar-refractivity contribution >= 4 is 22.4 Å². The van der Waals surface area contributed by atoms with Crippen LogP contribution in [0.1, 0.15) is 12.8 Å². The highest BCUT2D eigenvalue weighted by Gasteiger charge is 2.14. The molecule has 0 unspecified atom stereocenters. The van der Waals surface area contributed by atoms with Crippen molar-refractivity contribution in [2.75, 3.05) is 18.1 Å². The third-order valence-corrected chi connectivity index (χ3v) is 3.47. The highest BCUT2D eigenvalue weighted by atomic mass is 35.5. The van der Waals surface area contributed by atoms with Gasteiger partial charge in [-0.25, -0.2) is 4.68 Å². The fourth-order valence-electron chi connectivity index (χ4n) is 2.34.